The van der Waals surface area contributed by atoms with Gasteiger partial charge in [0.15, 0.2) is 0 Å². The van der Waals surface area contributed by atoms with Gasteiger partial charge in [0.1, 0.15) is 18.5 Å². The first-order chi connectivity index (χ1) is 17.1. The van der Waals surface area contributed by atoms with Crippen molar-refractivity contribution in [1.82, 2.24) is 14.8 Å². The van der Waals surface area contributed by atoms with E-state index in [1.165, 1.54) is 0 Å². The van der Waals surface area contributed by atoms with Crippen molar-refractivity contribution in [3.8, 4) is 5.75 Å². The number of ether oxygens (including phenoxy) is 1. The van der Waals surface area contributed by atoms with E-state index in [2.05, 4.69) is 4.98 Å². The molecule has 0 fully saturated rings. The summed E-state index contributed by atoms with van der Waals surface area (Å²) < 4.78 is 5.88. The van der Waals surface area contributed by atoms with Gasteiger partial charge in [0.2, 0.25) is 5.91 Å². The SMILES string of the molecule is CN(CC(=O)N(Cc1ccccc1)Cc1ccccc1)C[C@@H](O)COc1cccc2ncccc12. The number of benzene rings is 3. The highest BCUT2D eigenvalue weighted by Crippen LogP contribution is 2.23. The maximum Gasteiger partial charge on any atom is 0.237 e. The molecule has 35 heavy (non-hydrogen) atoms. The second kappa shape index (κ2) is 12.1. The van der Waals surface area contributed by atoms with Gasteiger partial charge in [-0.05, 0) is 42.4 Å². The smallest absolute Gasteiger partial charge is 0.237 e. The van der Waals surface area contributed by atoms with Gasteiger partial charge < -0.3 is 14.7 Å². The molecule has 0 aliphatic rings. The fourth-order valence-corrected chi connectivity index (χ4v) is 4.03. The topological polar surface area (TPSA) is 65.9 Å². The van der Waals surface area contributed by atoms with Crippen LogP contribution in [0, 0.1) is 0 Å². The zero-order valence-corrected chi connectivity index (χ0v) is 20.0. The molecule has 0 aliphatic heterocycles. The van der Waals surface area contributed by atoms with Gasteiger partial charge in [0.25, 0.3) is 0 Å². The predicted molar refractivity (Wildman–Crippen MR) is 138 cm³/mol. The summed E-state index contributed by atoms with van der Waals surface area (Å²) >= 11 is 0. The molecule has 4 aromatic rings. The molecule has 1 atom stereocenters. The number of rotatable bonds is 11. The van der Waals surface area contributed by atoms with Gasteiger partial charge in [-0.25, -0.2) is 0 Å². The van der Waals surface area contributed by atoms with Crippen LogP contribution in [0.2, 0.25) is 0 Å². The molecule has 0 spiro atoms. The lowest BCUT2D eigenvalue weighted by atomic mass is 10.1. The summed E-state index contributed by atoms with van der Waals surface area (Å²) in [6, 6.07) is 29.5. The zero-order valence-electron chi connectivity index (χ0n) is 20.0. The van der Waals surface area contributed by atoms with Crippen molar-refractivity contribution in [2.75, 3.05) is 26.7 Å². The quantitative estimate of drug-likeness (QED) is 0.358. The van der Waals surface area contributed by atoms with Gasteiger partial charge in [0, 0.05) is 31.2 Å². The summed E-state index contributed by atoms with van der Waals surface area (Å²) in [5.41, 5.74) is 3.01. The van der Waals surface area contributed by atoms with Gasteiger partial charge >= 0.3 is 0 Å². The van der Waals surface area contributed by atoms with Crippen LogP contribution in [-0.2, 0) is 17.9 Å². The van der Waals surface area contributed by atoms with Crippen molar-refractivity contribution < 1.29 is 14.6 Å². The van der Waals surface area contributed by atoms with Crippen LogP contribution in [0.3, 0.4) is 0 Å². The van der Waals surface area contributed by atoms with Gasteiger partial charge in [-0.1, -0.05) is 66.7 Å². The average molecular weight is 470 g/mol. The van der Waals surface area contributed by atoms with E-state index in [1.807, 2.05) is 108 Å². The number of aromatic nitrogens is 1. The highest BCUT2D eigenvalue weighted by Gasteiger charge is 2.19. The van der Waals surface area contributed by atoms with Crippen molar-refractivity contribution in [2.45, 2.75) is 19.2 Å². The number of amides is 1. The molecule has 0 unspecified atom stereocenters. The number of aliphatic hydroxyl groups excluding tert-OH is 1. The minimum atomic E-state index is -0.739. The van der Waals surface area contributed by atoms with E-state index in [4.69, 9.17) is 4.74 Å². The summed E-state index contributed by atoms with van der Waals surface area (Å²) in [5.74, 6) is 0.693. The Morgan fingerprint density at radius 3 is 2.20 bits per heavy atom. The second-order valence-electron chi connectivity index (χ2n) is 8.71. The first-order valence-corrected chi connectivity index (χ1v) is 11.8. The third-order valence-corrected chi connectivity index (χ3v) is 5.75. The Labute approximate surface area is 206 Å². The molecule has 6 nitrogen and oxygen atoms in total. The molecular weight excluding hydrogens is 438 g/mol. The largest absolute Gasteiger partial charge is 0.490 e. The summed E-state index contributed by atoms with van der Waals surface area (Å²) in [6.45, 7) is 1.71. The van der Waals surface area contributed by atoms with Crippen LogP contribution in [0.4, 0.5) is 0 Å². The Morgan fingerprint density at radius 2 is 1.54 bits per heavy atom. The normalized spacial score (nSPS) is 12.0. The Balaban J connectivity index is 1.33. The molecular formula is C29H31N3O3. The minimum absolute atomic E-state index is 0.00783. The number of nitrogens with zero attached hydrogens (tertiary/aromatic N) is 3. The van der Waals surface area contributed by atoms with Crippen molar-refractivity contribution >= 4 is 16.8 Å². The van der Waals surface area contributed by atoms with Crippen molar-refractivity contribution in [3.63, 3.8) is 0 Å². The first-order valence-electron chi connectivity index (χ1n) is 11.8. The molecule has 0 saturated carbocycles. The van der Waals surface area contributed by atoms with Gasteiger partial charge in [-0.3, -0.25) is 14.7 Å². The molecule has 180 valence electrons. The van der Waals surface area contributed by atoms with E-state index in [1.54, 1.807) is 6.20 Å². The number of likely N-dealkylation sites (N-methyl/N-ethyl adjacent to an activating group) is 1. The second-order valence-corrected chi connectivity index (χ2v) is 8.71. The van der Waals surface area contributed by atoms with Crippen LogP contribution >= 0.6 is 0 Å². The fourth-order valence-electron chi connectivity index (χ4n) is 4.03. The number of hydrogen-bond acceptors (Lipinski definition) is 5. The number of carbonyl (C=O) groups excluding carboxylic acids is 1. The van der Waals surface area contributed by atoms with E-state index >= 15 is 0 Å². The predicted octanol–water partition coefficient (Wildman–Crippen LogP) is 4.14. The molecule has 3 aromatic carbocycles. The molecule has 1 aromatic heterocycles. The van der Waals surface area contributed by atoms with E-state index < -0.39 is 6.10 Å². The molecule has 0 aliphatic carbocycles. The van der Waals surface area contributed by atoms with Crippen molar-refractivity contribution in [3.05, 3.63) is 108 Å². The highest BCUT2D eigenvalue weighted by molar-refractivity contribution is 5.84. The standard InChI is InChI=1S/C29H31N3O3/c1-31(20-25(33)22-35-28-16-8-15-27-26(28)14-9-17-30-27)21-29(34)32(18-23-10-4-2-5-11-23)19-24-12-6-3-7-13-24/h2-17,25,33H,18-22H2,1H3/t25-/m1/s1. The minimum Gasteiger partial charge on any atom is -0.490 e. The van der Waals surface area contributed by atoms with Crippen LogP contribution < -0.4 is 4.74 Å². The number of pyridine rings is 1. The van der Waals surface area contributed by atoms with Crippen LogP contribution in [0.5, 0.6) is 5.75 Å². The number of carbonyl (C=O) groups is 1. The van der Waals surface area contributed by atoms with Crippen LogP contribution in [0.15, 0.2) is 97.2 Å². The van der Waals surface area contributed by atoms with E-state index in [0.717, 1.165) is 22.0 Å². The molecule has 1 amide bonds. The van der Waals surface area contributed by atoms with Crippen molar-refractivity contribution in [2.24, 2.45) is 0 Å². The lowest BCUT2D eigenvalue weighted by molar-refractivity contribution is -0.133. The molecule has 0 radical (unpaired) electrons. The lowest BCUT2D eigenvalue weighted by Gasteiger charge is -2.27. The third kappa shape index (κ3) is 7.12. The average Bonchev–Trinajstić information content (AvgIpc) is 2.88. The summed E-state index contributed by atoms with van der Waals surface area (Å²) in [7, 11) is 1.84. The first kappa shape index (κ1) is 24.4. The van der Waals surface area contributed by atoms with Gasteiger partial charge in [0.05, 0.1) is 12.1 Å². The third-order valence-electron chi connectivity index (χ3n) is 5.75. The van der Waals surface area contributed by atoms with Crippen LogP contribution in [-0.4, -0.2) is 58.6 Å². The summed E-state index contributed by atoms with van der Waals surface area (Å²) in [5, 5.41) is 11.5. The zero-order chi connectivity index (χ0) is 24.5. The maximum absolute atomic E-state index is 13.2. The lowest BCUT2D eigenvalue weighted by Crippen LogP contribution is -2.41. The molecule has 0 bridgehead atoms. The molecule has 1 N–H and O–H groups in total. The Hall–Kier alpha value is -3.74. The Bertz CT molecular complexity index is 1170. The fraction of sp³-hybridized carbons (Fsp3) is 0.241. The van der Waals surface area contributed by atoms with Crippen LogP contribution in [0.1, 0.15) is 11.1 Å². The van der Waals surface area contributed by atoms with Gasteiger partial charge in [-0.15, -0.1) is 0 Å². The van der Waals surface area contributed by atoms with E-state index in [-0.39, 0.29) is 19.1 Å². The monoisotopic (exact) mass is 469 g/mol. The van der Waals surface area contributed by atoms with E-state index in [9.17, 15) is 9.90 Å². The van der Waals surface area contributed by atoms with Gasteiger partial charge in [-0.2, -0.15) is 0 Å². The van der Waals surface area contributed by atoms with E-state index in [0.29, 0.717) is 25.4 Å². The highest BCUT2D eigenvalue weighted by atomic mass is 16.5. The van der Waals surface area contributed by atoms with Crippen LogP contribution in [0.25, 0.3) is 10.9 Å². The molecule has 1 heterocycles. The summed E-state index contributed by atoms with van der Waals surface area (Å²) in [6.07, 6.45) is 1.00. The molecule has 6 heteroatoms. The number of fused-ring (bicyclic) bond motifs is 1. The number of aliphatic hydroxyl groups is 1. The number of hydrogen-bond donors (Lipinski definition) is 1. The van der Waals surface area contributed by atoms with Crippen molar-refractivity contribution in [1.29, 1.82) is 0 Å². The summed E-state index contributed by atoms with van der Waals surface area (Å²) in [4.78, 5) is 21.3. The Kier molecular flexibility index (Phi) is 8.44. The maximum atomic E-state index is 13.2. The Morgan fingerprint density at radius 1 is 0.886 bits per heavy atom. The molecule has 4 rings (SSSR count). The molecule has 0 saturated heterocycles.